The van der Waals surface area contributed by atoms with Crippen LogP contribution < -0.4 is 9.97 Å². The Labute approximate surface area is 453 Å². The normalized spacial score (nSPS) is 12.9. The first-order valence-electron chi connectivity index (χ1n) is 23.3. The van der Waals surface area contributed by atoms with Crippen molar-refractivity contribution in [3.63, 3.8) is 0 Å². The molecule has 0 aliphatic heterocycles. The molecule has 6 nitrogen and oxygen atoms in total. The van der Waals surface area contributed by atoms with E-state index in [2.05, 4.69) is 145 Å². The fourth-order valence-electron chi connectivity index (χ4n) is 10.0. The summed E-state index contributed by atoms with van der Waals surface area (Å²) in [6.07, 6.45) is 6.71. The van der Waals surface area contributed by atoms with Gasteiger partial charge in [0.15, 0.2) is 0 Å². The summed E-state index contributed by atoms with van der Waals surface area (Å²) >= 11 is 0. The van der Waals surface area contributed by atoms with Crippen LogP contribution >= 0.6 is 0 Å². The van der Waals surface area contributed by atoms with Gasteiger partial charge in [-0.1, -0.05) is 184 Å². The van der Waals surface area contributed by atoms with Crippen LogP contribution in [-0.2, 0) is 53.0 Å². The third-order valence-electron chi connectivity index (χ3n) is 13.6. The van der Waals surface area contributed by atoms with Gasteiger partial charge in [-0.05, 0) is 113 Å². The first-order chi connectivity index (χ1) is 34.9. The van der Waals surface area contributed by atoms with Crippen molar-refractivity contribution in [3.05, 3.63) is 240 Å². The van der Waals surface area contributed by atoms with Gasteiger partial charge in [0, 0.05) is 46.5 Å². The summed E-state index contributed by atoms with van der Waals surface area (Å²) in [5.41, 5.74) is 16.0. The van der Waals surface area contributed by atoms with Gasteiger partial charge in [0.2, 0.25) is 0 Å². The van der Waals surface area contributed by atoms with E-state index in [-0.39, 0.29) is 64.1 Å². The standard InChI is InChI=1S/2C20H15N2.2C11H6F2N.2Pt/c2*1-20(2)16-8-4-3-6-12(16)14-11-18-15(10-17(14)20)13-7-5-9-21-19(13)22-18;2*12-8-4-5-9(10(13)7-8)11-3-1-2-6-14-11;;/h2*3-11H,1-2H3;2*1-4,6-7H;;/q4*-1;2*+2. The molecule has 6 heterocycles. The Kier molecular flexibility index (Phi) is 14.5. The second kappa shape index (κ2) is 20.9. The zero-order valence-corrected chi connectivity index (χ0v) is 44.7. The summed E-state index contributed by atoms with van der Waals surface area (Å²) in [6, 6.07) is 53.8. The van der Waals surface area contributed by atoms with E-state index in [0.717, 1.165) is 57.4 Å². The largest absolute Gasteiger partial charge is 2.00 e. The van der Waals surface area contributed by atoms with E-state index in [9.17, 15) is 17.6 Å². The van der Waals surface area contributed by atoms with Crippen LogP contribution in [0.25, 0.3) is 88.6 Å². The molecule has 0 radical (unpaired) electrons. The molecule has 2 aliphatic carbocycles. The van der Waals surface area contributed by atoms with Crippen LogP contribution in [0.3, 0.4) is 0 Å². The van der Waals surface area contributed by atoms with Crippen LogP contribution in [0.4, 0.5) is 17.6 Å². The predicted octanol–water partition coefficient (Wildman–Crippen LogP) is 15.0. The van der Waals surface area contributed by atoms with Crippen LogP contribution in [0, 0.1) is 35.4 Å². The van der Waals surface area contributed by atoms with Gasteiger partial charge in [-0.25, -0.2) is 0 Å². The number of benzene rings is 6. The fourth-order valence-corrected chi connectivity index (χ4v) is 10.0. The third kappa shape index (κ3) is 9.42. The Balaban J connectivity index is 0.000000123. The van der Waals surface area contributed by atoms with E-state index in [0.29, 0.717) is 11.4 Å². The van der Waals surface area contributed by atoms with Gasteiger partial charge < -0.3 is 29.9 Å². The third-order valence-corrected chi connectivity index (χ3v) is 13.6. The molecule has 12 aromatic rings. The van der Waals surface area contributed by atoms with E-state index in [1.165, 1.54) is 55.3 Å². The summed E-state index contributed by atoms with van der Waals surface area (Å²) in [5.74, 6) is -2.57. The summed E-state index contributed by atoms with van der Waals surface area (Å²) in [4.78, 5) is 26.1. The Morgan fingerprint density at radius 2 is 0.784 bits per heavy atom. The number of rotatable bonds is 2. The molecule has 0 fully saturated rings. The Morgan fingerprint density at radius 3 is 1.18 bits per heavy atom. The Bertz CT molecular complexity index is 3750. The number of hydrogen-bond donors (Lipinski definition) is 0. The van der Waals surface area contributed by atoms with Gasteiger partial charge in [-0.3, -0.25) is 17.6 Å². The molecule has 6 aromatic heterocycles. The average Bonchev–Trinajstić information content (AvgIpc) is 4.08. The van der Waals surface area contributed by atoms with Crippen molar-refractivity contribution < 1.29 is 59.7 Å². The van der Waals surface area contributed by atoms with Crippen molar-refractivity contribution in [2.45, 2.75) is 38.5 Å². The number of hydrogen-bond acceptors (Lipinski definition) is 4. The van der Waals surface area contributed by atoms with Gasteiger partial charge in [-0.15, -0.1) is 24.3 Å². The zero-order valence-electron chi connectivity index (χ0n) is 40.1. The second-order valence-corrected chi connectivity index (χ2v) is 18.7. The summed E-state index contributed by atoms with van der Waals surface area (Å²) in [5, 5.41) is 4.71. The molecule has 0 saturated carbocycles. The molecule has 14 rings (SSSR count). The van der Waals surface area contributed by atoms with Gasteiger partial charge in [0.05, 0.1) is 0 Å². The maximum Gasteiger partial charge on any atom is 2.00 e. The van der Waals surface area contributed by atoms with E-state index in [4.69, 9.17) is 9.97 Å². The van der Waals surface area contributed by atoms with Crippen molar-refractivity contribution in [2.24, 2.45) is 0 Å². The van der Waals surface area contributed by atoms with Crippen LogP contribution in [0.15, 0.2) is 183 Å². The predicted molar refractivity (Wildman–Crippen MR) is 277 cm³/mol. The zero-order chi connectivity index (χ0) is 49.7. The van der Waals surface area contributed by atoms with E-state index >= 15 is 0 Å². The van der Waals surface area contributed by atoms with E-state index in [1.807, 2.05) is 12.1 Å². The molecule has 0 bridgehead atoms. The molecule has 368 valence electrons. The first kappa shape index (κ1) is 51.5. The SMILES string of the molecule is CC1(C)c2ccccc2-c2cc3[n-]c4ncccc4c3cc21.CC1(C)c2ccccc2-c2cc3[n-]c4ncccc4c3cc21.Fc1c[c-]c(-c2ccccn2)c(F)c1.Fc1c[c-]c(-c2ccccn2)c(F)c1.[Pt+2].[Pt+2]. The van der Waals surface area contributed by atoms with Crippen LogP contribution in [0.2, 0.25) is 0 Å². The molecule has 0 atom stereocenters. The monoisotopic (exact) mass is 1340 g/mol. The number of pyridine rings is 4. The van der Waals surface area contributed by atoms with Crippen LogP contribution in [0.1, 0.15) is 49.9 Å². The summed E-state index contributed by atoms with van der Waals surface area (Å²) in [6.45, 7) is 9.22. The van der Waals surface area contributed by atoms with Gasteiger partial charge >= 0.3 is 42.1 Å². The van der Waals surface area contributed by atoms with Gasteiger partial charge in [0.25, 0.3) is 0 Å². The molecule has 0 unspecified atom stereocenters. The van der Waals surface area contributed by atoms with E-state index in [1.54, 1.807) is 61.2 Å². The number of nitrogens with zero attached hydrogens (tertiary/aromatic N) is 6. The molecular weight excluding hydrogens is 1290 g/mol. The van der Waals surface area contributed by atoms with Crippen molar-refractivity contribution in [1.82, 2.24) is 29.9 Å². The minimum absolute atomic E-state index is 0. The maximum absolute atomic E-state index is 13.2. The first-order valence-corrected chi connectivity index (χ1v) is 23.3. The fraction of sp³-hybridized carbons (Fsp3) is 0.0968. The number of aromatic nitrogens is 6. The molecular formula is C62H42F4N6Pt2. The second-order valence-electron chi connectivity index (χ2n) is 18.7. The molecule has 6 aromatic carbocycles. The van der Waals surface area contributed by atoms with Crippen molar-refractivity contribution in [3.8, 4) is 44.8 Å². The number of halogens is 4. The van der Waals surface area contributed by atoms with Gasteiger partial charge in [-0.2, -0.15) is 0 Å². The molecule has 0 saturated heterocycles. The summed E-state index contributed by atoms with van der Waals surface area (Å²) in [7, 11) is 0. The average molecular weight is 1340 g/mol. The molecule has 0 amide bonds. The molecule has 2 aliphatic rings. The van der Waals surface area contributed by atoms with Gasteiger partial charge in [0.1, 0.15) is 0 Å². The quantitative estimate of drug-likeness (QED) is 0.127. The van der Waals surface area contributed by atoms with Crippen LogP contribution in [-0.4, -0.2) is 19.9 Å². The number of fused-ring (bicyclic) bond motifs is 12. The topological polar surface area (TPSA) is 79.8 Å². The Morgan fingerprint density at radius 1 is 0.392 bits per heavy atom. The molecule has 74 heavy (non-hydrogen) atoms. The van der Waals surface area contributed by atoms with Crippen molar-refractivity contribution in [1.29, 1.82) is 0 Å². The minimum Gasteiger partial charge on any atom is -0.442 e. The summed E-state index contributed by atoms with van der Waals surface area (Å²) < 4.78 is 51.6. The van der Waals surface area contributed by atoms with Crippen molar-refractivity contribution in [2.75, 3.05) is 0 Å². The molecule has 12 heteroatoms. The minimum atomic E-state index is -0.649. The molecule has 0 spiro atoms. The van der Waals surface area contributed by atoms with Crippen LogP contribution in [0.5, 0.6) is 0 Å². The smallest absolute Gasteiger partial charge is 0.442 e. The molecule has 0 N–H and O–H groups in total. The van der Waals surface area contributed by atoms with E-state index < -0.39 is 23.3 Å². The maximum atomic E-state index is 13.2. The Hall–Kier alpha value is -7.38. The van der Waals surface area contributed by atoms with Crippen molar-refractivity contribution >= 4 is 43.9 Å².